The largest absolute Gasteiger partial charge is 0.481 e. The molecule has 15 heavy (non-hydrogen) atoms. The van der Waals surface area contributed by atoms with Crippen LogP contribution in [0.2, 0.25) is 0 Å². The van der Waals surface area contributed by atoms with Crippen LogP contribution in [-0.2, 0) is 4.79 Å². The number of aryl methyl sites for hydroxylation is 1. The molecule has 0 saturated heterocycles. The highest BCUT2D eigenvalue weighted by molar-refractivity contribution is 7.99. The molecule has 1 aromatic heterocycles. The second-order valence-electron chi connectivity index (χ2n) is 3.87. The fourth-order valence-electron chi connectivity index (χ4n) is 0.837. The summed E-state index contributed by atoms with van der Waals surface area (Å²) in [6.45, 7) is 5.13. The van der Waals surface area contributed by atoms with Crippen molar-refractivity contribution in [3.05, 3.63) is 5.89 Å². The zero-order chi connectivity index (χ0) is 11.5. The van der Waals surface area contributed by atoms with Gasteiger partial charge in [0, 0.05) is 12.7 Å². The number of nitrogens with zero attached hydrogens (tertiary/aromatic N) is 2. The SMILES string of the molecule is Cc1nnc(SCCC(C)(C)C(=O)O)o1. The van der Waals surface area contributed by atoms with Crippen LogP contribution in [0.4, 0.5) is 0 Å². The molecule has 84 valence electrons. The third-order valence-corrected chi connectivity index (χ3v) is 2.86. The Hall–Kier alpha value is -1.04. The Morgan fingerprint density at radius 1 is 1.53 bits per heavy atom. The van der Waals surface area contributed by atoms with E-state index in [-0.39, 0.29) is 0 Å². The maximum absolute atomic E-state index is 10.8. The minimum atomic E-state index is -0.787. The molecule has 0 radical (unpaired) electrons. The highest BCUT2D eigenvalue weighted by Crippen LogP contribution is 2.25. The summed E-state index contributed by atoms with van der Waals surface area (Å²) in [6.07, 6.45) is 0.564. The number of hydrogen-bond donors (Lipinski definition) is 1. The second-order valence-corrected chi connectivity index (χ2v) is 4.92. The molecule has 0 unspecified atom stereocenters. The van der Waals surface area contributed by atoms with Crippen LogP contribution in [0.25, 0.3) is 0 Å². The van der Waals surface area contributed by atoms with Gasteiger partial charge in [0.1, 0.15) is 0 Å². The van der Waals surface area contributed by atoms with Gasteiger partial charge >= 0.3 is 5.97 Å². The summed E-state index contributed by atoms with van der Waals surface area (Å²) in [7, 11) is 0. The van der Waals surface area contributed by atoms with Crippen molar-refractivity contribution in [1.29, 1.82) is 0 Å². The summed E-state index contributed by atoms with van der Waals surface area (Å²) in [5.41, 5.74) is -0.706. The lowest BCUT2D eigenvalue weighted by Crippen LogP contribution is -2.24. The lowest BCUT2D eigenvalue weighted by Gasteiger charge is -2.17. The van der Waals surface area contributed by atoms with Crippen LogP contribution >= 0.6 is 11.8 Å². The van der Waals surface area contributed by atoms with Crippen LogP contribution in [0.5, 0.6) is 0 Å². The number of aromatic nitrogens is 2. The molecule has 0 atom stereocenters. The number of carboxylic acids is 1. The molecule has 1 N–H and O–H groups in total. The molecule has 1 rings (SSSR count). The lowest BCUT2D eigenvalue weighted by atomic mass is 9.91. The average Bonchev–Trinajstić information content (AvgIpc) is 2.51. The molecule has 6 heteroatoms. The molecule has 0 spiro atoms. The predicted molar refractivity (Wildman–Crippen MR) is 55.8 cm³/mol. The summed E-state index contributed by atoms with van der Waals surface area (Å²) in [5, 5.41) is 16.9. The Bertz CT molecular complexity index is 349. The molecule has 1 heterocycles. The van der Waals surface area contributed by atoms with Crippen molar-refractivity contribution in [2.75, 3.05) is 5.75 Å². The Kier molecular flexibility index (Phi) is 3.73. The van der Waals surface area contributed by atoms with Gasteiger partial charge in [0.15, 0.2) is 0 Å². The van der Waals surface area contributed by atoms with Gasteiger partial charge in [-0.1, -0.05) is 11.8 Å². The van der Waals surface area contributed by atoms with Gasteiger partial charge in [-0.05, 0) is 20.3 Å². The Morgan fingerprint density at radius 2 is 2.20 bits per heavy atom. The van der Waals surface area contributed by atoms with E-state index in [1.54, 1.807) is 20.8 Å². The minimum Gasteiger partial charge on any atom is -0.481 e. The third-order valence-electron chi connectivity index (χ3n) is 2.04. The summed E-state index contributed by atoms with van der Waals surface area (Å²) in [4.78, 5) is 10.8. The molecule has 0 aromatic carbocycles. The number of carbonyl (C=O) groups is 1. The van der Waals surface area contributed by atoms with Gasteiger partial charge < -0.3 is 9.52 Å². The summed E-state index contributed by atoms with van der Waals surface area (Å²) in [6, 6.07) is 0. The first-order valence-electron chi connectivity index (χ1n) is 4.58. The van der Waals surface area contributed by atoms with Gasteiger partial charge in [-0.25, -0.2) is 0 Å². The normalized spacial score (nSPS) is 11.7. The highest BCUT2D eigenvalue weighted by Gasteiger charge is 2.26. The van der Waals surface area contributed by atoms with E-state index >= 15 is 0 Å². The number of carboxylic acid groups (broad SMARTS) is 1. The molecule has 0 amide bonds. The topological polar surface area (TPSA) is 76.2 Å². The smallest absolute Gasteiger partial charge is 0.309 e. The maximum Gasteiger partial charge on any atom is 0.309 e. The summed E-state index contributed by atoms with van der Waals surface area (Å²) < 4.78 is 5.15. The third kappa shape index (κ3) is 3.54. The van der Waals surface area contributed by atoms with Crippen molar-refractivity contribution in [2.24, 2.45) is 5.41 Å². The van der Waals surface area contributed by atoms with Crippen molar-refractivity contribution >= 4 is 17.7 Å². The molecule has 0 aliphatic heterocycles. The van der Waals surface area contributed by atoms with Gasteiger partial charge in [-0.15, -0.1) is 10.2 Å². The molecule has 1 aromatic rings. The van der Waals surface area contributed by atoms with Crippen molar-refractivity contribution in [1.82, 2.24) is 10.2 Å². The number of thioether (sulfide) groups is 1. The number of rotatable bonds is 5. The monoisotopic (exact) mass is 230 g/mol. The molecule has 0 aliphatic carbocycles. The molecule has 0 saturated carbocycles. The quantitative estimate of drug-likeness (QED) is 0.779. The zero-order valence-electron chi connectivity index (χ0n) is 8.98. The van der Waals surface area contributed by atoms with E-state index in [2.05, 4.69) is 10.2 Å². The van der Waals surface area contributed by atoms with Crippen molar-refractivity contribution < 1.29 is 14.3 Å². The Morgan fingerprint density at radius 3 is 2.67 bits per heavy atom. The molecular formula is C9H14N2O3S. The Labute approximate surface area is 92.3 Å². The molecule has 0 bridgehead atoms. The van der Waals surface area contributed by atoms with Crippen LogP contribution in [-0.4, -0.2) is 27.0 Å². The standard InChI is InChI=1S/C9H14N2O3S/c1-6-10-11-8(14-6)15-5-4-9(2,3)7(12)13/h4-5H2,1-3H3,(H,12,13). The average molecular weight is 230 g/mol. The first-order valence-corrected chi connectivity index (χ1v) is 5.57. The van der Waals surface area contributed by atoms with Crippen LogP contribution in [0.15, 0.2) is 9.64 Å². The molecule has 0 aliphatic rings. The van der Waals surface area contributed by atoms with E-state index in [0.717, 1.165) is 0 Å². The number of hydrogen-bond acceptors (Lipinski definition) is 5. The van der Waals surface area contributed by atoms with Crippen LogP contribution in [0.1, 0.15) is 26.2 Å². The minimum absolute atomic E-state index is 0.494. The van der Waals surface area contributed by atoms with Crippen molar-refractivity contribution in [3.8, 4) is 0 Å². The van der Waals surface area contributed by atoms with Crippen molar-refractivity contribution in [2.45, 2.75) is 32.4 Å². The van der Waals surface area contributed by atoms with Gasteiger partial charge in [-0.2, -0.15) is 0 Å². The van der Waals surface area contributed by atoms with Crippen LogP contribution < -0.4 is 0 Å². The highest BCUT2D eigenvalue weighted by atomic mass is 32.2. The van der Waals surface area contributed by atoms with Crippen molar-refractivity contribution in [3.63, 3.8) is 0 Å². The second kappa shape index (κ2) is 4.65. The lowest BCUT2D eigenvalue weighted by molar-refractivity contribution is -0.146. The fraction of sp³-hybridized carbons (Fsp3) is 0.667. The molecule has 5 nitrogen and oxygen atoms in total. The van der Waals surface area contributed by atoms with Gasteiger partial charge in [0.25, 0.3) is 5.22 Å². The predicted octanol–water partition coefficient (Wildman–Crippen LogP) is 1.97. The maximum atomic E-state index is 10.8. The van der Waals surface area contributed by atoms with E-state index in [0.29, 0.717) is 23.3 Å². The van der Waals surface area contributed by atoms with E-state index in [1.165, 1.54) is 11.8 Å². The van der Waals surface area contributed by atoms with Gasteiger partial charge in [0.2, 0.25) is 5.89 Å². The first-order chi connectivity index (χ1) is 6.92. The first kappa shape index (κ1) is 12.0. The Balaban J connectivity index is 2.36. The zero-order valence-corrected chi connectivity index (χ0v) is 9.80. The summed E-state index contributed by atoms with van der Waals surface area (Å²) >= 11 is 1.38. The number of aliphatic carboxylic acids is 1. The van der Waals surface area contributed by atoms with E-state index in [9.17, 15) is 4.79 Å². The van der Waals surface area contributed by atoms with Gasteiger partial charge in [-0.3, -0.25) is 4.79 Å². The van der Waals surface area contributed by atoms with E-state index in [4.69, 9.17) is 9.52 Å². The van der Waals surface area contributed by atoms with Crippen LogP contribution in [0, 0.1) is 12.3 Å². The van der Waals surface area contributed by atoms with Gasteiger partial charge in [0.05, 0.1) is 5.41 Å². The van der Waals surface area contributed by atoms with E-state index < -0.39 is 11.4 Å². The van der Waals surface area contributed by atoms with Crippen LogP contribution in [0.3, 0.4) is 0 Å². The molecular weight excluding hydrogens is 216 g/mol. The fourth-order valence-corrected chi connectivity index (χ4v) is 1.90. The van der Waals surface area contributed by atoms with E-state index in [1.807, 2.05) is 0 Å². The molecule has 0 fully saturated rings. The summed E-state index contributed by atoms with van der Waals surface area (Å²) in [5.74, 6) is 0.390.